The zero-order valence-corrected chi connectivity index (χ0v) is 18.7. The lowest BCUT2D eigenvalue weighted by Gasteiger charge is -2.08. The minimum Gasteiger partial charge on any atom is -0.489 e. The van der Waals surface area contributed by atoms with Crippen molar-refractivity contribution in [1.82, 2.24) is 20.6 Å². The van der Waals surface area contributed by atoms with Crippen LogP contribution in [0, 0.1) is 0 Å². The van der Waals surface area contributed by atoms with Gasteiger partial charge in [-0.05, 0) is 30.3 Å². The molecule has 0 aliphatic rings. The second-order valence-corrected chi connectivity index (χ2v) is 7.97. The third kappa shape index (κ3) is 4.69. The van der Waals surface area contributed by atoms with Gasteiger partial charge in [0.1, 0.15) is 18.1 Å². The van der Waals surface area contributed by atoms with Crippen LogP contribution in [-0.2, 0) is 6.61 Å². The van der Waals surface area contributed by atoms with Crippen LogP contribution in [0.2, 0.25) is 5.02 Å². The zero-order chi connectivity index (χ0) is 23.3. The van der Waals surface area contributed by atoms with E-state index in [1.54, 1.807) is 12.3 Å². The molecule has 8 heteroatoms. The Kier molecular flexibility index (Phi) is 6.09. The third-order valence-corrected chi connectivity index (χ3v) is 5.66. The zero-order valence-electron chi connectivity index (χ0n) is 18.0. The molecule has 0 saturated carbocycles. The third-order valence-electron chi connectivity index (χ3n) is 5.30. The molecule has 1 amide bonds. The van der Waals surface area contributed by atoms with E-state index in [9.17, 15) is 4.79 Å². The van der Waals surface area contributed by atoms with E-state index in [1.165, 1.54) is 0 Å². The average molecular weight is 470 g/mol. The summed E-state index contributed by atoms with van der Waals surface area (Å²) < 4.78 is 5.88. The van der Waals surface area contributed by atoms with Crippen LogP contribution in [0.1, 0.15) is 21.6 Å². The van der Waals surface area contributed by atoms with Gasteiger partial charge in [0.05, 0.1) is 11.9 Å². The summed E-state index contributed by atoms with van der Waals surface area (Å²) in [6.07, 6.45) is 3.45. The van der Waals surface area contributed by atoms with E-state index in [2.05, 4.69) is 25.7 Å². The maximum atomic E-state index is 12.5. The molecule has 7 nitrogen and oxygen atoms in total. The number of fused-ring (bicyclic) bond motifs is 1. The second-order valence-electron chi connectivity index (χ2n) is 7.56. The molecule has 0 aliphatic carbocycles. The van der Waals surface area contributed by atoms with E-state index in [-0.39, 0.29) is 5.91 Å². The lowest BCUT2D eigenvalue weighted by atomic mass is 10.1. The first kappa shape index (κ1) is 21.5. The summed E-state index contributed by atoms with van der Waals surface area (Å²) in [5, 5.41) is 12.8. The number of benzene rings is 3. The average Bonchev–Trinajstić information content (AvgIpc) is 3.52. The van der Waals surface area contributed by atoms with E-state index in [1.807, 2.05) is 79.0 Å². The number of nitrogens with zero attached hydrogens (tertiary/aromatic N) is 2. The van der Waals surface area contributed by atoms with Gasteiger partial charge in [0, 0.05) is 38.8 Å². The van der Waals surface area contributed by atoms with Gasteiger partial charge in [0.25, 0.3) is 5.91 Å². The van der Waals surface area contributed by atoms with E-state index in [0.29, 0.717) is 28.8 Å². The summed E-state index contributed by atoms with van der Waals surface area (Å²) >= 11 is 6.20. The van der Waals surface area contributed by atoms with E-state index < -0.39 is 0 Å². The molecular formula is C26H20ClN5O2. The Morgan fingerprint density at radius 3 is 2.82 bits per heavy atom. The first-order valence-corrected chi connectivity index (χ1v) is 11.0. The molecule has 0 saturated heterocycles. The van der Waals surface area contributed by atoms with Crippen molar-refractivity contribution in [1.29, 1.82) is 0 Å². The highest BCUT2D eigenvalue weighted by Gasteiger charge is 2.11. The molecule has 5 rings (SSSR count). The number of aromatic nitrogens is 3. The highest BCUT2D eigenvalue weighted by Crippen LogP contribution is 2.24. The van der Waals surface area contributed by atoms with Crippen LogP contribution in [0.4, 0.5) is 0 Å². The first-order valence-electron chi connectivity index (χ1n) is 10.6. The summed E-state index contributed by atoms with van der Waals surface area (Å²) in [4.78, 5) is 15.7. The smallest absolute Gasteiger partial charge is 0.289 e. The summed E-state index contributed by atoms with van der Waals surface area (Å²) in [6, 6.07) is 24.6. The number of carbonyl (C=O) groups excluding carboxylic acids is 1. The van der Waals surface area contributed by atoms with Crippen LogP contribution >= 0.6 is 11.6 Å². The van der Waals surface area contributed by atoms with Gasteiger partial charge in [0.2, 0.25) is 0 Å². The predicted octanol–water partition coefficient (Wildman–Crippen LogP) is 5.55. The van der Waals surface area contributed by atoms with Crippen molar-refractivity contribution in [3.05, 3.63) is 107 Å². The number of aromatic amines is 2. The Balaban J connectivity index is 1.24. The van der Waals surface area contributed by atoms with Gasteiger partial charge >= 0.3 is 0 Å². The number of hydrogen-bond acceptors (Lipinski definition) is 4. The van der Waals surface area contributed by atoms with Gasteiger partial charge in [-0.25, -0.2) is 5.43 Å². The van der Waals surface area contributed by atoms with Gasteiger partial charge in [-0.3, -0.25) is 9.89 Å². The van der Waals surface area contributed by atoms with Crippen molar-refractivity contribution in [2.24, 2.45) is 5.10 Å². The van der Waals surface area contributed by atoms with Crippen LogP contribution in [0.3, 0.4) is 0 Å². The first-order chi connectivity index (χ1) is 16.7. The summed E-state index contributed by atoms with van der Waals surface area (Å²) in [5.74, 6) is 0.288. The monoisotopic (exact) mass is 469 g/mol. The van der Waals surface area contributed by atoms with Crippen LogP contribution in [0.15, 0.2) is 90.2 Å². The molecule has 0 radical (unpaired) electrons. The minimum atomic E-state index is -0.388. The van der Waals surface area contributed by atoms with Gasteiger partial charge < -0.3 is 9.72 Å². The van der Waals surface area contributed by atoms with Gasteiger partial charge in [-0.15, -0.1) is 0 Å². The van der Waals surface area contributed by atoms with Crippen molar-refractivity contribution in [3.63, 3.8) is 0 Å². The molecule has 168 valence electrons. The fraction of sp³-hybridized carbons (Fsp3) is 0.0385. The Hall–Kier alpha value is -4.36. The Morgan fingerprint density at radius 1 is 1.06 bits per heavy atom. The van der Waals surface area contributed by atoms with E-state index in [0.717, 1.165) is 27.6 Å². The van der Waals surface area contributed by atoms with Crippen molar-refractivity contribution < 1.29 is 9.53 Å². The van der Waals surface area contributed by atoms with Crippen molar-refractivity contribution in [2.45, 2.75) is 6.61 Å². The van der Waals surface area contributed by atoms with Gasteiger partial charge in [-0.2, -0.15) is 10.2 Å². The number of carbonyl (C=O) groups is 1. The molecule has 0 aliphatic heterocycles. The Morgan fingerprint density at radius 2 is 1.91 bits per heavy atom. The normalized spacial score (nSPS) is 11.2. The molecule has 0 atom stereocenters. The minimum absolute atomic E-state index is 0.300. The van der Waals surface area contributed by atoms with Crippen molar-refractivity contribution in [3.8, 4) is 17.0 Å². The fourth-order valence-corrected chi connectivity index (χ4v) is 3.72. The number of hydrogen-bond donors (Lipinski definition) is 3. The highest BCUT2D eigenvalue weighted by atomic mass is 35.5. The standard InChI is InChI=1S/C26H20ClN5O2/c27-22-10-3-1-6-18(22)16-34-20-8-5-7-17(12-20)24-13-25(31-30-24)26(33)32-29-15-19-14-28-23-11-4-2-9-21(19)23/h1-15,28H,16H2,(H,30,31)(H,32,33)/b29-15+. The molecule has 0 spiro atoms. The topological polar surface area (TPSA) is 95.2 Å². The highest BCUT2D eigenvalue weighted by molar-refractivity contribution is 6.31. The predicted molar refractivity (Wildman–Crippen MR) is 133 cm³/mol. The number of ether oxygens (including phenoxy) is 1. The number of rotatable bonds is 7. The molecule has 0 unspecified atom stereocenters. The summed E-state index contributed by atoms with van der Waals surface area (Å²) in [7, 11) is 0. The number of nitrogens with one attached hydrogen (secondary N) is 3. The molecule has 0 bridgehead atoms. The number of hydrazone groups is 1. The SMILES string of the molecule is O=C(N/N=C/c1c[nH]c2ccccc12)c1cc(-c2cccc(OCc3ccccc3Cl)c2)n[nH]1. The quantitative estimate of drug-likeness (QED) is 0.215. The maximum absolute atomic E-state index is 12.5. The van der Waals surface area contributed by atoms with Gasteiger partial charge in [-0.1, -0.05) is 60.1 Å². The van der Waals surface area contributed by atoms with Gasteiger partial charge in [0.15, 0.2) is 0 Å². The molecule has 5 aromatic rings. The molecule has 0 fully saturated rings. The molecule has 2 aromatic heterocycles. The fourth-order valence-electron chi connectivity index (χ4n) is 3.53. The van der Waals surface area contributed by atoms with Crippen LogP contribution in [0.25, 0.3) is 22.2 Å². The lowest BCUT2D eigenvalue weighted by molar-refractivity contribution is 0.0950. The second kappa shape index (κ2) is 9.64. The number of H-pyrrole nitrogens is 2. The Bertz CT molecular complexity index is 1490. The molecular weight excluding hydrogens is 450 g/mol. The van der Waals surface area contributed by atoms with E-state index in [4.69, 9.17) is 16.3 Å². The van der Waals surface area contributed by atoms with E-state index >= 15 is 0 Å². The molecule has 34 heavy (non-hydrogen) atoms. The lowest BCUT2D eigenvalue weighted by Crippen LogP contribution is -2.17. The van der Waals surface area contributed by atoms with Crippen LogP contribution in [0.5, 0.6) is 5.75 Å². The summed E-state index contributed by atoms with van der Waals surface area (Å²) in [6.45, 7) is 0.353. The number of para-hydroxylation sites is 1. The molecule has 2 heterocycles. The molecule has 3 aromatic carbocycles. The maximum Gasteiger partial charge on any atom is 0.289 e. The van der Waals surface area contributed by atoms with Crippen LogP contribution in [-0.4, -0.2) is 27.3 Å². The summed E-state index contributed by atoms with van der Waals surface area (Å²) in [5.41, 5.74) is 7.06. The number of amides is 1. The Labute approximate surface area is 200 Å². The van der Waals surface area contributed by atoms with Crippen LogP contribution < -0.4 is 10.2 Å². The van der Waals surface area contributed by atoms with Crippen molar-refractivity contribution in [2.75, 3.05) is 0 Å². The number of halogens is 1. The largest absolute Gasteiger partial charge is 0.489 e. The van der Waals surface area contributed by atoms with Crippen molar-refractivity contribution >= 4 is 34.6 Å². The molecule has 3 N–H and O–H groups in total.